The Kier molecular flexibility index (Phi) is 6.25. The largest absolute Gasteiger partial charge is 0.419 e. The number of aryl methyl sites for hydroxylation is 1. The molecule has 2 N–H and O–H groups in total. The molecule has 0 atom stereocenters. The molecule has 2 heterocycles. The molecule has 30 heavy (non-hydrogen) atoms. The molecule has 1 amide bonds. The topological polar surface area (TPSA) is 71.8 Å². The number of aromatic nitrogens is 3. The van der Waals surface area contributed by atoms with Gasteiger partial charge in [-0.15, -0.1) is 0 Å². The fourth-order valence-electron chi connectivity index (χ4n) is 2.73. The minimum atomic E-state index is -4.54. The molecule has 0 saturated carbocycles. The molecule has 158 valence electrons. The zero-order valence-electron chi connectivity index (χ0n) is 15.6. The van der Waals surface area contributed by atoms with Gasteiger partial charge in [0, 0.05) is 19.3 Å². The van der Waals surface area contributed by atoms with Crippen molar-refractivity contribution in [2.45, 2.75) is 13.1 Å². The number of nitrogens with one attached hydrogen (secondary N) is 2. The average Bonchev–Trinajstić information content (AvgIpc) is 2.99. The maximum absolute atomic E-state index is 13.1. The molecule has 0 fully saturated rings. The predicted molar refractivity (Wildman–Crippen MR) is 103 cm³/mol. The molecule has 11 heteroatoms. The highest BCUT2D eigenvalue weighted by atomic mass is 35.5. The van der Waals surface area contributed by atoms with Gasteiger partial charge in [-0.1, -0.05) is 11.6 Å². The van der Waals surface area contributed by atoms with Crippen molar-refractivity contribution in [3.8, 4) is 5.69 Å². The quantitative estimate of drug-likeness (QED) is 0.443. The fourth-order valence-corrected chi connectivity index (χ4v) is 3.09. The van der Waals surface area contributed by atoms with Crippen LogP contribution in [0, 0.1) is 12.7 Å². The number of anilines is 1. The van der Waals surface area contributed by atoms with Crippen LogP contribution in [0.5, 0.6) is 0 Å². The van der Waals surface area contributed by atoms with Crippen LogP contribution in [0.2, 0.25) is 5.15 Å². The number of rotatable bonds is 6. The van der Waals surface area contributed by atoms with Crippen LogP contribution < -0.4 is 10.6 Å². The van der Waals surface area contributed by atoms with E-state index in [9.17, 15) is 22.4 Å². The van der Waals surface area contributed by atoms with Crippen LogP contribution in [0.4, 0.5) is 23.4 Å². The Balaban J connectivity index is 1.65. The van der Waals surface area contributed by atoms with Gasteiger partial charge < -0.3 is 10.6 Å². The Morgan fingerprint density at radius 2 is 1.87 bits per heavy atom. The number of alkyl halides is 3. The number of hydrogen-bond donors (Lipinski definition) is 2. The van der Waals surface area contributed by atoms with Crippen molar-refractivity contribution in [3.63, 3.8) is 0 Å². The van der Waals surface area contributed by atoms with Gasteiger partial charge in [0.2, 0.25) is 0 Å². The van der Waals surface area contributed by atoms with E-state index in [4.69, 9.17) is 11.6 Å². The summed E-state index contributed by atoms with van der Waals surface area (Å²) in [6.45, 7) is 1.61. The number of benzene rings is 1. The molecule has 0 aliphatic heterocycles. The molecular weight excluding hydrogens is 426 g/mol. The van der Waals surface area contributed by atoms with Gasteiger partial charge in [-0.2, -0.15) is 18.3 Å². The number of halogens is 5. The van der Waals surface area contributed by atoms with E-state index in [1.807, 2.05) is 0 Å². The number of pyridine rings is 1. The van der Waals surface area contributed by atoms with Gasteiger partial charge in [0.25, 0.3) is 5.91 Å². The van der Waals surface area contributed by atoms with Crippen LogP contribution in [0.1, 0.15) is 21.6 Å². The summed E-state index contributed by atoms with van der Waals surface area (Å²) < 4.78 is 53.3. The van der Waals surface area contributed by atoms with Gasteiger partial charge in [-0.05, 0) is 43.3 Å². The van der Waals surface area contributed by atoms with Gasteiger partial charge in [0.1, 0.15) is 16.8 Å². The molecular formula is C19H16ClF4N5O. The van der Waals surface area contributed by atoms with Crippen LogP contribution >= 0.6 is 11.6 Å². The van der Waals surface area contributed by atoms with E-state index in [-0.39, 0.29) is 29.6 Å². The van der Waals surface area contributed by atoms with Crippen molar-refractivity contribution in [2.75, 3.05) is 18.4 Å². The molecule has 6 nitrogen and oxygen atoms in total. The van der Waals surface area contributed by atoms with Gasteiger partial charge in [0.05, 0.1) is 22.5 Å². The summed E-state index contributed by atoms with van der Waals surface area (Å²) in [6, 6.07) is 7.51. The third-order valence-electron chi connectivity index (χ3n) is 4.12. The van der Waals surface area contributed by atoms with Gasteiger partial charge in [-0.3, -0.25) is 4.79 Å². The first kappa shape index (κ1) is 21.6. The maximum atomic E-state index is 13.1. The maximum Gasteiger partial charge on any atom is 0.419 e. The van der Waals surface area contributed by atoms with Crippen LogP contribution in [0.25, 0.3) is 5.69 Å². The SMILES string of the molecule is Cc1nn(-c2ccc(F)cc2)c(Cl)c1C(=O)NCCNc1ncccc1C(F)(F)F. The average molecular weight is 442 g/mol. The second-order valence-corrected chi connectivity index (χ2v) is 6.58. The van der Waals surface area contributed by atoms with Crippen molar-refractivity contribution in [1.82, 2.24) is 20.1 Å². The molecule has 3 rings (SSSR count). The summed E-state index contributed by atoms with van der Waals surface area (Å²) in [5, 5.41) is 9.36. The lowest BCUT2D eigenvalue weighted by Crippen LogP contribution is -2.29. The molecule has 0 aliphatic rings. The van der Waals surface area contributed by atoms with Crippen molar-refractivity contribution < 1.29 is 22.4 Å². The third kappa shape index (κ3) is 4.70. The highest BCUT2D eigenvalue weighted by Crippen LogP contribution is 2.33. The third-order valence-corrected chi connectivity index (χ3v) is 4.47. The summed E-state index contributed by atoms with van der Waals surface area (Å²) >= 11 is 6.27. The van der Waals surface area contributed by atoms with E-state index in [0.717, 1.165) is 6.07 Å². The van der Waals surface area contributed by atoms with E-state index in [2.05, 4.69) is 20.7 Å². The Hall–Kier alpha value is -3.14. The van der Waals surface area contributed by atoms with Crippen molar-refractivity contribution in [2.24, 2.45) is 0 Å². The zero-order chi connectivity index (χ0) is 21.9. The normalized spacial score (nSPS) is 11.4. The number of nitrogens with zero attached hydrogens (tertiary/aromatic N) is 3. The minimum absolute atomic E-state index is 0.00853. The second-order valence-electron chi connectivity index (χ2n) is 6.22. The summed E-state index contributed by atoms with van der Waals surface area (Å²) in [7, 11) is 0. The Morgan fingerprint density at radius 1 is 1.17 bits per heavy atom. The van der Waals surface area contributed by atoms with Crippen molar-refractivity contribution >= 4 is 23.3 Å². The second kappa shape index (κ2) is 8.70. The molecule has 0 spiro atoms. The highest BCUT2D eigenvalue weighted by molar-refractivity contribution is 6.33. The zero-order valence-corrected chi connectivity index (χ0v) is 16.4. The number of amides is 1. The van der Waals surface area contributed by atoms with Crippen LogP contribution in [-0.2, 0) is 6.18 Å². The molecule has 1 aromatic carbocycles. The molecule has 3 aromatic rings. The fraction of sp³-hybridized carbons (Fsp3) is 0.211. The lowest BCUT2D eigenvalue weighted by atomic mass is 10.2. The highest BCUT2D eigenvalue weighted by Gasteiger charge is 2.34. The molecule has 0 radical (unpaired) electrons. The molecule has 0 bridgehead atoms. The first-order chi connectivity index (χ1) is 14.2. The Labute approximate surface area is 173 Å². The van der Waals surface area contributed by atoms with Crippen LogP contribution in [0.3, 0.4) is 0 Å². The van der Waals surface area contributed by atoms with Gasteiger partial charge >= 0.3 is 6.18 Å². The van der Waals surface area contributed by atoms with Crippen molar-refractivity contribution in [1.29, 1.82) is 0 Å². The lowest BCUT2D eigenvalue weighted by molar-refractivity contribution is -0.137. The van der Waals surface area contributed by atoms with E-state index >= 15 is 0 Å². The predicted octanol–water partition coefficient (Wildman–Crippen LogP) is 4.23. The molecule has 0 aliphatic carbocycles. The minimum Gasteiger partial charge on any atom is -0.368 e. The summed E-state index contributed by atoms with van der Waals surface area (Å²) in [5.41, 5.74) is 0.0458. The number of hydrogen-bond acceptors (Lipinski definition) is 4. The molecule has 0 unspecified atom stereocenters. The van der Waals surface area contributed by atoms with Crippen LogP contribution in [-0.4, -0.2) is 33.8 Å². The number of carbonyl (C=O) groups is 1. The Bertz CT molecular complexity index is 1050. The van der Waals surface area contributed by atoms with E-state index in [0.29, 0.717) is 11.4 Å². The first-order valence-electron chi connectivity index (χ1n) is 8.74. The van der Waals surface area contributed by atoms with Crippen molar-refractivity contribution in [3.05, 3.63) is 70.4 Å². The van der Waals surface area contributed by atoms with E-state index in [1.165, 1.54) is 41.2 Å². The smallest absolute Gasteiger partial charge is 0.368 e. The number of carbonyl (C=O) groups excluding carboxylic acids is 1. The lowest BCUT2D eigenvalue weighted by Gasteiger charge is -2.13. The monoisotopic (exact) mass is 441 g/mol. The van der Waals surface area contributed by atoms with Gasteiger partial charge in [-0.25, -0.2) is 14.1 Å². The first-order valence-corrected chi connectivity index (χ1v) is 9.11. The molecule has 0 saturated heterocycles. The molecule has 2 aromatic heterocycles. The van der Waals surface area contributed by atoms with E-state index < -0.39 is 23.5 Å². The summed E-state index contributed by atoms with van der Waals surface area (Å²) in [4.78, 5) is 16.2. The Morgan fingerprint density at radius 3 is 2.53 bits per heavy atom. The van der Waals surface area contributed by atoms with Gasteiger partial charge in [0.15, 0.2) is 0 Å². The van der Waals surface area contributed by atoms with Crippen LogP contribution in [0.15, 0.2) is 42.6 Å². The summed E-state index contributed by atoms with van der Waals surface area (Å²) in [5.74, 6) is -1.28. The standard InChI is InChI=1S/C19H16ClF4N5O/c1-11-15(16(20)29(28-11)13-6-4-12(21)5-7-13)18(30)27-10-9-26-17-14(19(22,23)24)3-2-8-25-17/h2-8H,9-10H2,1H3,(H,25,26)(H,27,30). The summed E-state index contributed by atoms with van der Waals surface area (Å²) in [6.07, 6.45) is -3.30. The van der Waals surface area contributed by atoms with E-state index in [1.54, 1.807) is 6.92 Å².